The van der Waals surface area contributed by atoms with Crippen LogP contribution in [0, 0.1) is 13.8 Å². The first-order valence-corrected chi connectivity index (χ1v) is 7.04. The maximum atomic E-state index is 6.19. The molecule has 2 nitrogen and oxygen atoms in total. The second kappa shape index (κ2) is 5.41. The van der Waals surface area contributed by atoms with E-state index in [0.717, 1.165) is 13.1 Å². The minimum absolute atomic E-state index is 0.195. The van der Waals surface area contributed by atoms with E-state index in [1.54, 1.807) is 0 Å². The molecule has 0 amide bonds. The molecule has 1 fully saturated rings. The van der Waals surface area contributed by atoms with E-state index in [-0.39, 0.29) is 5.41 Å². The van der Waals surface area contributed by atoms with Gasteiger partial charge in [-0.25, -0.2) is 0 Å². The molecule has 0 spiro atoms. The lowest BCUT2D eigenvalue weighted by Gasteiger charge is -2.34. The molecular formula is C16H26N2. The average Bonchev–Trinajstić information content (AvgIpc) is 2.55. The Hall–Kier alpha value is -0.860. The van der Waals surface area contributed by atoms with E-state index in [0.29, 0.717) is 0 Å². The standard InChI is InChI=1S/C16H26N2/c1-13-5-6-14(2)15(11-13)16(12-17)7-4-9-18(3)10-8-16/h5-6,11H,4,7-10,12,17H2,1-3H3. The van der Waals surface area contributed by atoms with Gasteiger partial charge < -0.3 is 10.6 Å². The van der Waals surface area contributed by atoms with Crippen LogP contribution in [0.1, 0.15) is 36.0 Å². The van der Waals surface area contributed by atoms with E-state index < -0.39 is 0 Å². The van der Waals surface area contributed by atoms with Gasteiger partial charge in [0.15, 0.2) is 0 Å². The summed E-state index contributed by atoms with van der Waals surface area (Å²) in [7, 11) is 2.22. The molecule has 0 bridgehead atoms. The van der Waals surface area contributed by atoms with Crippen LogP contribution >= 0.6 is 0 Å². The lowest BCUT2D eigenvalue weighted by molar-refractivity contribution is 0.328. The zero-order valence-corrected chi connectivity index (χ0v) is 12.0. The highest BCUT2D eigenvalue weighted by atomic mass is 15.1. The van der Waals surface area contributed by atoms with Gasteiger partial charge in [0.1, 0.15) is 0 Å². The third-order valence-electron chi connectivity index (χ3n) is 4.52. The van der Waals surface area contributed by atoms with Crippen molar-refractivity contribution >= 4 is 0 Å². The molecule has 2 heteroatoms. The summed E-state index contributed by atoms with van der Waals surface area (Å²) in [5, 5.41) is 0. The van der Waals surface area contributed by atoms with E-state index >= 15 is 0 Å². The molecule has 1 saturated heterocycles. The van der Waals surface area contributed by atoms with Gasteiger partial charge >= 0.3 is 0 Å². The van der Waals surface area contributed by atoms with Crippen LogP contribution in [0.15, 0.2) is 18.2 Å². The summed E-state index contributed by atoms with van der Waals surface area (Å²) in [5.74, 6) is 0. The van der Waals surface area contributed by atoms with Crippen LogP contribution < -0.4 is 5.73 Å². The summed E-state index contributed by atoms with van der Waals surface area (Å²) in [6, 6.07) is 6.80. The van der Waals surface area contributed by atoms with Gasteiger partial charge in [-0.15, -0.1) is 0 Å². The normalized spacial score (nSPS) is 26.0. The molecule has 1 aromatic carbocycles. The minimum Gasteiger partial charge on any atom is -0.330 e. The third-order valence-corrected chi connectivity index (χ3v) is 4.52. The monoisotopic (exact) mass is 246 g/mol. The van der Waals surface area contributed by atoms with Crippen molar-refractivity contribution in [3.05, 3.63) is 34.9 Å². The molecule has 1 atom stereocenters. The molecule has 2 rings (SSSR count). The number of benzene rings is 1. The first kappa shape index (κ1) is 13.6. The highest BCUT2D eigenvalue weighted by molar-refractivity contribution is 5.37. The van der Waals surface area contributed by atoms with Gasteiger partial charge in [0.2, 0.25) is 0 Å². The molecule has 1 unspecified atom stereocenters. The topological polar surface area (TPSA) is 29.3 Å². The van der Waals surface area contributed by atoms with Gasteiger partial charge in [-0.3, -0.25) is 0 Å². The van der Waals surface area contributed by atoms with Crippen LogP contribution in [-0.2, 0) is 5.41 Å². The smallest absolute Gasteiger partial charge is 0.00908 e. The van der Waals surface area contributed by atoms with Crippen molar-refractivity contribution in [2.24, 2.45) is 5.73 Å². The van der Waals surface area contributed by atoms with Crippen LogP contribution in [0.3, 0.4) is 0 Å². The van der Waals surface area contributed by atoms with Crippen molar-refractivity contribution in [1.82, 2.24) is 4.90 Å². The third kappa shape index (κ3) is 2.60. The van der Waals surface area contributed by atoms with Crippen LogP contribution in [0.2, 0.25) is 0 Å². The molecule has 0 saturated carbocycles. The van der Waals surface area contributed by atoms with Crippen molar-refractivity contribution in [2.45, 2.75) is 38.5 Å². The van der Waals surface area contributed by atoms with Gasteiger partial charge in [0, 0.05) is 12.0 Å². The van der Waals surface area contributed by atoms with E-state index in [1.165, 1.54) is 42.5 Å². The highest BCUT2D eigenvalue weighted by Gasteiger charge is 2.33. The molecule has 0 aromatic heterocycles. The first-order chi connectivity index (χ1) is 8.57. The molecule has 100 valence electrons. The summed E-state index contributed by atoms with van der Waals surface area (Å²) in [4.78, 5) is 2.43. The highest BCUT2D eigenvalue weighted by Crippen LogP contribution is 2.36. The Balaban J connectivity index is 2.39. The number of hydrogen-bond acceptors (Lipinski definition) is 2. The fourth-order valence-corrected chi connectivity index (χ4v) is 3.22. The van der Waals surface area contributed by atoms with Gasteiger partial charge in [-0.1, -0.05) is 23.8 Å². The van der Waals surface area contributed by atoms with Gasteiger partial charge in [0.05, 0.1) is 0 Å². The zero-order chi connectivity index (χ0) is 13.2. The molecule has 0 radical (unpaired) electrons. The second-order valence-electron chi connectivity index (χ2n) is 5.96. The maximum absolute atomic E-state index is 6.19. The predicted molar refractivity (Wildman–Crippen MR) is 78.0 cm³/mol. The lowest BCUT2D eigenvalue weighted by atomic mass is 9.72. The Morgan fingerprint density at radius 1 is 1.22 bits per heavy atom. The Bertz CT molecular complexity index is 414. The number of aryl methyl sites for hydroxylation is 2. The Morgan fingerprint density at radius 2 is 2.00 bits per heavy atom. The fourth-order valence-electron chi connectivity index (χ4n) is 3.22. The van der Waals surface area contributed by atoms with Crippen molar-refractivity contribution in [2.75, 3.05) is 26.7 Å². The molecule has 1 aliphatic rings. The van der Waals surface area contributed by atoms with Crippen molar-refractivity contribution in [3.8, 4) is 0 Å². The largest absolute Gasteiger partial charge is 0.330 e. The van der Waals surface area contributed by atoms with E-state index in [4.69, 9.17) is 5.73 Å². The molecule has 1 aromatic rings. The van der Waals surface area contributed by atoms with Crippen molar-refractivity contribution in [3.63, 3.8) is 0 Å². The molecule has 1 heterocycles. The first-order valence-electron chi connectivity index (χ1n) is 7.04. The van der Waals surface area contributed by atoms with E-state index in [2.05, 4.69) is 44.0 Å². The maximum Gasteiger partial charge on any atom is 0.00908 e. The minimum atomic E-state index is 0.195. The van der Waals surface area contributed by atoms with Crippen molar-refractivity contribution in [1.29, 1.82) is 0 Å². The molecule has 18 heavy (non-hydrogen) atoms. The van der Waals surface area contributed by atoms with Crippen LogP contribution in [-0.4, -0.2) is 31.6 Å². The summed E-state index contributed by atoms with van der Waals surface area (Å²) >= 11 is 0. The van der Waals surface area contributed by atoms with Gasteiger partial charge in [-0.05, 0) is 64.4 Å². The number of likely N-dealkylation sites (tertiary alicyclic amines) is 1. The molecular weight excluding hydrogens is 220 g/mol. The van der Waals surface area contributed by atoms with Crippen molar-refractivity contribution < 1.29 is 0 Å². The Kier molecular flexibility index (Phi) is 4.08. The number of nitrogens with zero attached hydrogens (tertiary/aromatic N) is 1. The number of nitrogens with two attached hydrogens (primary N) is 1. The molecule has 1 aliphatic heterocycles. The van der Waals surface area contributed by atoms with E-state index in [9.17, 15) is 0 Å². The summed E-state index contributed by atoms with van der Waals surface area (Å²) in [5.41, 5.74) is 10.6. The van der Waals surface area contributed by atoms with E-state index in [1.807, 2.05) is 0 Å². The van der Waals surface area contributed by atoms with Gasteiger partial charge in [-0.2, -0.15) is 0 Å². The predicted octanol–water partition coefficient (Wildman–Crippen LogP) is 2.62. The molecule has 0 aliphatic carbocycles. The lowest BCUT2D eigenvalue weighted by Crippen LogP contribution is -2.37. The molecule has 2 N–H and O–H groups in total. The number of rotatable bonds is 2. The summed E-state index contributed by atoms with van der Waals surface area (Å²) < 4.78 is 0. The van der Waals surface area contributed by atoms with Gasteiger partial charge in [0.25, 0.3) is 0 Å². The zero-order valence-electron chi connectivity index (χ0n) is 12.0. The summed E-state index contributed by atoms with van der Waals surface area (Å²) in [6.07, 6.45) is 3.66. The Labute approximate surface area is 111 Å². The quantitative estimate of drug-likeness (QED) is 0.869. The fraction of sp³-hybridized carbons (Fsp3) is 0.625. The SMILES string of the molecule is Cc1ccc(C)c(C2(CN)CCCN(C)CC2)c1. The van der Waals surface area contributed by atoms with Crippen LogP contribution in [0.25, 0.3) is 0 Å². The number of hydrogen-bond donors (Lipinski definition) is 1. The second-order valence-corrected chi connectivity index (χ2v) is 5.96. The average molecular weight is 246 g/mol. The van der Waals surface area contributed by atoms with Crippen LogP contribution in [0.4, 0.5) is 0 Å². The van der Waals surface area contributed by atoms with Crippen LogP contribution in [0.5, 0.6) is 0 Å². The Morgan fingerprint density at radius 3 is 2.72 bits per heavy atom. The summed E-state index contributed by atoms with van der Waals surface area (Å²) in [6.45, 7) is 7.53.